The summed E-state index contributed by atoms with van der Waals surface area (Å²) in [5, 5.41) is 14.0. The number of rotatable bonds is 7. The van der Waals surface area contributed by atoms with Gasteiger partial charge < -0.3 is 15.4 Å². The van der Waals surface area contributed by atoms with Gasteiger partial charge in [0.25, 0.3) is 0 Å². The molecule has 2 aromatic rings. The first kappa shape index (κ1) is 22.3. The molecule has 0 spiro atoms. The molecule has 2 aromatic carbocycles. The Kier molecular flexibility index (Phi) is 6.14. The van der Waals surface area contributed by atoms with E-state index in [4.69, 9.17) is 4.74 Å². The zero-order valence-electron chi connectivity index (χ0n) is 18.9. The Labute approximate surface area is 196 Å². The van der Waals surface area contributed by atoms with E-state index in [0.717, 1.165) is 24.9 Å². The molecule has 34 heavy (non-hydrogen) atoms. The molecule has 2 unspecified atom stereocenters. The van der Waals surface area contributed by atoms with Crippen molar-refractivity contribution in [3.8, 4) is 11.1 Å². The molecule has 1 saturated heterocycles. The third kappa shape index (κ3) is 4.58. The Hall–Kier alpha value is -3.53. The normalized spacial score (nSPS) is 23.1. The quantitative estimate of drug-likeness (QED) is 0.582. The fourth-order valence-electron chi connectivity index (χ4n) is 4.70. The van der Waals surface area contributed by atoms with Crippen LogP contribution in [-0.4, -0.2) is 50.3 Å². The summed E-state index contributed by atoms with van der Waals surface area (Å²) >= 11 is 0. The van der Waals surface area contributed by atoms with Gasteiger partial charge in [-0.3, -0.25) is 15.1 Å². The average molecular weight is 467 g/mol. The maximum absolute atomic E-state index is 15.1. The lowest BCUT2D eigenvalue weighted by Crippen LogP contribution is -2.36. The largest absolute Gasteiger partial charge is 0.442 e. The van der Waals surface area contributed by atoms with Gasteiger partial charge in [0, 0.05) is 25.1 Å². The molecule has 3 atom stereocenters. The maximum atomic E-state index is 15.1. The molecule has 178 valence electrons. The maximum Gasteiger partial charge on any atom is 0.414 e. The summed E-state index contributed by atoms with van der Waals surface area (Å²) < 4.78 is 20.4. The molecule has 0 bridgehead atoms. The Balaban J connectivity index is 1.27. The van der Waals surface area contributed by atoms with E-state index < -0.39 is 18.0 Å². The first-order chi connectivity index (χ1) is 16.5. The number of halogens is 1. The number of fused-ring (bicyclic) bond motifs is 1. The number of hydrogen-bond donors (Lipinski definition) is 3. The van der Waals surface area contributed by atoms with Crippen molar-refractivity contribution in [3.63, 3.8) is 0 Å². The van der Waals surface area contributed by atoms with Crippen molar-refractivity contribution in [3.05, 3.63) is 53.3 Å². The standard InChI is InChI=1S/C24H27FN6O3/c1-14(32)26-12-19-13-31(24(33)34-19)18-4-6-20(22(25)9-18)15-2-5-21-16(8-15)3-7-23(21)27-10-17-11-28-30-29-17/h2,4-6,8-9,17,19,23,27H,3,7,10-13H2,1H3,(H,26,32)(H,28,29)/t17?,19-,23?/m0/s1. The van der Waals surface area contributed by atoms with E-state index in [1.54, 1.807) is 12.1 Å². The van der Waals surface area contributed by atoms with Crippen molar-refractivity contribution < 1.29 is 18.7 Å². The Bertz CT molecular complexity index is 1130. The van der Waals surface area contributed by atoms with E-state index in [-0.39, 0.29) is 31.1 Å². The Morgan fingerprint density at radius 3 is 2.91 bits per heavy atom. The lowest BCUT2D eigenvalue weighted by atomic mass is 9.99. The minimum Gasteiger partial charge on any atom is -0.442 e. The number of nitrogens with zero attached hydrogens (tertiary/aromatic N) is 3. The van der Waals surface area contributed by atoms with Gasteiger partial charge in [0.15, 0.2) is 0 Å². The molecule has 3 N–H and O–H groups in total. The summed E-state index contributed by atoms with van der Waals surface area (Å²) in [6.45, 7) is 3.36. The highest BCUT2D eigenvalue weighted by Gasteiger charge is 2.33. The summed E-state index contributed by atoms with van der Waals surface area (Å²) in [5.74, 6) is -0.595. The number of benzene rings is 2. The van der Waals surface area contributed by atoms with Crippen LogP contribution < -0.4 is 21.0 Å². The van der Waals surface area contributed by atoms with Crippen LogP contribution >= 0.6 is 0 Å². The molecule has 10 heteroatoms. The van der Waals surface area contributed by atoms with Crippen LogP contribution in [-0.2, 0) is 16.0 Å². The Morgan fingerprint density at radius 2 is 2.15 bits per heavy atom. The third-order valence-electron chi connectivity index (χ3n) is 6.47. The van der Waals surface area contributed by atoms with E-state index in [1.807, 2.05) is 6.07 Å². The molecule has 3 aliphatic rings. The number of carbonyl (C=O) groups is 2. The second-order valence-electron chi connectivity index (χ2n) is 8.88. The molecule has 2 amide bonds. The van der Waals surface area contributed by atoms with E-state index >= 15 is 4.39 Å². The van der Waals surface area contributed by atoms with Gasteiger partial charge in [-0.1, -0.05) is 23.4 Å². The molecule has 9 nitrogen and oxygen atoms in total. The number of anilines is 1. The van der Waals surface area contributed by atoms with Gasteiger partial charge in [0.05, 0.1) is 31.4 Å². The zero-order chi connectivity index (χ0) is 23.7. The SMILES string of the molecule is CC(=O)NC[C@H]1CN(c2ccc(-c3ccc4c(c3)CCC4NCC3CN=NN3)c(F)c2)C(=O)O1. The number of cyclic esters (lactones) is 1. The van der Waals surface area contributed by atoms with Gasteiger partial charge in [-0.15, -0.1) is 0 Å². The molecular formula is C24H27FN6O3. The number of amides is 2. The lowest BCUT2D eigenvalue weighted by Gasteiger charge is -2.17. The molecule has 2 aliphatic heterocycles. The van der Waals surface area contributed by atoms with E-state index in [0.29, 0.717) is 17.8 Å². The minimum absolute atomic E-state index is 0.195. The van der Waals surface area contributed by atoms with Gasteiger partial charge in [0.2, 0.25) is 5.91 Å². The van der Waals surface area contributed by atoms with Crippen molar-refractivity contribution in [2.24, 2.45) is 10.3 Å². The van der Waals surface area contributed by atoms with Crippen LogP contribution in [0.15, 0.2) is 46.7 Å². The highest BCUT2D eigenvalue weighted by Crippen LogP contribution is 2.36. The second kappa shape index (κ2) is 9.38. The highest BCUT2D eigenvalue weighted by atomic mass is 19.1. The summed E-state index contributed by atoms with van der Waals surface area (Å²) in [4.78, 5) is 24.7. The molecule has 5 rings (SSSR count). The fourth-order valence-corrected chi connectivity index (χ4v) is 4.70. The molecule has 0 radical (unpaired) electrons. The fraction of sp³-hybridized carbons (Fsp3) is 0.417. The lowest BCUT2D eigenvalue weighted by molar-refractivity contribution is -0.119. The van der Waals surface area contributed by atoms with Gasteiger partial charge >= 0.3 is 6.09 Å². The van der Waals surface area contributed by atoms with Crippen molar-refractivity contribution in [1.29, 1.82) is 0 Å². The predicted molar refractivity (Wildman–Crippen MR) is 124 cm³/mol. The van der Waals surface area contributed by atoms with Crippen molar-refractivity contribution >= 4 is 17.7 Å². The van der Waals surface area contributed by atoms with E-state index in [9.17, 15) is 9.59 Å². The van der Waals surface area contributed by atoms with Crippen molar-refractivity contribution in [2.45, 2.75) is 38.0 Å². The number of hydrogen-bond acceptors (Lipinski definition) is 7. The van der Waals surface area contributed by atoms with Crippen LogP contribution in [0.3, 0.4) is 0 Å². The predicted octanol–water partition coefficient (Wildman–Crippen LogP) is 2.87. The minimum atomic E-state index is -0.547. The smallest absolute Gasteiger partial charge is 0.414 e. The van der Waals surface area contributed by atoms with Crippen LogP contribution in [0.2, 0.25) is 0 Å². The van der Waals surface area contributed by atoms with Crippen LogP contribution in [0.5, 0.6) is 0 Å². The molecule has 1 aliphatic carbocycles. The number of carbonyl (C=O) groups excluding carboxylic acids is 2. The zero-order valence-corrected chi connectivity index (χ0v) is 18.9. The van der Waals surface area contributed by atoms with Crippen LogP contribution in [0.4, 0.5) is 14.9 Å². The second-order valence-corrected chi connectivity index (χ2v) is 8.88. The van der Waals surface area contributed by atoms with E-state index in [1.165, 1.54) is 29.0 Å². The molecule has 2 heterocycles. The van der Waals surface area contributed by atoms with Gasteiger partial charge in [-0.05, 0) is 47.7 Å². The first-order valence-electron chi connectivity index (χ1n) is 11.5. The molecule has 0 saturated carbocycles. The third-order valence-corrected chi connectivity index (χ3v) is 6.47. The van der Waals surface area contributed by atoms with Gasteiger partial charge in [0.1, 0.15) is 11.9 Å². The van der Waals surface area contributed by atoms with Crippen LogP contribution in [0.25, 0.3) is 11.1 Å². The molecular weight excluding hydrogens is 439 g/mol. The molecule has 1 fully saturated rings. The van der Waals surface area contributed by atoms with Gasteiger partial charge in [-0.2, -0.15) is 5.11 Å². The monoisotopic (exact) mass is 466 g/mol. The molecule has 0 aromatic heterocycles. The van der Waals surface area contributed by atoms with E-state index in [2.05, 4.69) is 38.5 Å². The number of nitrogens with one attached hydrogen (secondary N) is 3. The topological polar surface area (TPSA) is 107 Å². The first-order valence-corrected chi connectivity index (χ1v) is 11.5. The van der Waals surface area contributed by atoms with Crippen LogP contribution in [0.1, 0.15) is 30.5 Å². The highest BCUT2D eigenvalue weighted by molar-refractivity contribution is 5.90. The summed E-state index contributed by atoms with van der Waals surface area (Å²) in [7, 11) is 0. The average Bonchev–Trinajstić information content (AvgIpc) is 3.56. The summed E-state index contributed by atoms with van der Waals surface area (Å²) in [6.07, 6.45) is 0.917. The Morgan fingerprint density at radius 1 is 1.26 bits per heavy atom. The van der Waals surface area contributed by atoms with Crippen molar-refractivity contribution in [2.75, 3.05) is 31.1 Å². The number of aryl methyl sites for hydroxylation is 1. The summed E-state index contributed by atoms with van der Waals surface area (Å²) in [5.41, 5.74) is 7.19. The van der Waals surface area contributed by atoms with Gasteiger partial charge in [-0.25, -0.2) is 9.18 Å². The van der Waals surface area contributed by atoms with Crippen LogP contribution in [0, 0.1) is 5.82 Å². The van der Waals surface area contributed by atoms with Crippen molar-refractivity contribution in [1.82, 2.24) is 16.1 Å². The summed E-state index contributed by atoms with van der Waals surface area (Å²) in [6, 6.07) is 11.4. The number of ether oxygens (including phenoxy) is 1.